The van der Waals surface area contributed by atoms with E-state index < -0.39 is 96.7 Å². The van der Waals surface area contributed by atoms with E-state index in [0.717, 1.165) is 0 Å². The summed E-state index contributed by atoms with van der Waals surface area (Å²) in [4.78, 5) is 99.6. The van der Waals surface area contributed by atoms with Crippen LogP contribution < -0.4 is 43.4 Å². The normalized spacial score (nSPS) is 14.9. The molecule has 0 saturated heterocycles. The zero-order valence-electron chi connectivity index (χ0n) is 29.5. The Morgan fingerprint density at radius 1 is 0.592 bits per heavy atom. The molecule has 18 heteroatoms. The monoisotopic (exact) mass is 700 g/mol. The number of aliphatic hydroxyl groups excluding tert-OH is 1. The van der Waals surface area contributed by atoms with Crippen molar-refractivity contribution in [2.45, 2.75) is 117 Å². The number of amides is 7. The van der Waals surface area contributed by atoms with Gasteiger partial charge < -0.3 is 53.6 Å². The van der Waals surface area contributed by atoms with Crippen molar-refractivity contribution in [3.8, 4) is 0 Å². The van der Waals surface area contributed by atoms with Gasteiger partial charge in [-0.3, -0.25) is 38.4 Å². The largest absolute Gasteiger partial charge is 0.480 e. The number of hydrogen-bond acceptors (Lipinski definition) is 10. The summed E-state index contributed by atoms with van der Waals surface area (Å²) in [5.41, 5.74) is 10.8. The molecule has 280 valence electrons. The predicted molar refractivity (Wildman–Crippen MR) is 178 cm³/mol. The summed E-state index contributed by atoms with van der Waals surface area (Å²) in [6.07, 6.45) is 0.211. The second kappa shape index (κ2) is 22.3. The van der Waals surface area contributed by atoms with E-state index in [2.05, 4.69) is 31.9 Å². The molecule has 0 aromatic heterocycles. The number of carbonyl (C=O) groups excluding carboxylic acids is 7. The van der Waals surface area contributed by atoms with E-state index in [4.69, 9.17) is 16.6 Å². The molecular weight excluding hydrogens is 644 g/mol. The summed E-state index contributed by atoms with van der Waals surface area (Å²) < 4.78 is 0. The molecule has 7 amide bonds. The Balaban J connectivity index is 5.82. The van der Waals surface area contributed by atoms with Crippen LogP contribution in [-0.4, -0.2) is 107 Å². The van der Waals surface area contributed by atoms with Crippen LogP contribution >= 0.6 is 0 Å². The molecule has 0 aliphatic heterocycles. The molecule has 0 fully saturated rings. The average Bonchev–Trinajstić information content (AvgIpc) is 2.98. The highest BCUT2D eigenvalue weighted by molar-refractivity contribution is 5.96. The van der Waals surface area contributed by atoms with E-state index in [1.807, 2.05) is 27.7 Å². The van der Waals surface area contributed by atoms with Gasteiger partial charge in [-0.05, 0) is 50.4 Å². The van der Waals surface area contributed by atoms with Crippen molar-refractivity contribution in [3.63, 3.8) is 0 Å². The number of hydrogen-bond donors (Lipinski definition) is 10. The molecule has 6 atom stereocenters. The van der Waals surface area contributed by atoms with Gasteiger partial charge in [0.2, 0.25) is 41.4 Å². The number of nitrogens with one attached hydrogen (secondary N) is 6. The first-order valence-electron chi connectivity index (χ1n) is 16.3. The van der Waals surface area contributed by atoms with Crippen LogP contribution in [-0.2, 0) is 38.4 Å². The Hall–Kier alpha value is -4.32. The number of nitrogens with two attached hydrogens (primary N) is 2. The Morgan fingerprint density at radius 3 is 1.35 bits per heavy atom. The molecule has 12 N–H and O–H groups in total. The lowest BCUT2D eigenvalue weighted by Gasteiger charge is -2.28. The fourth-order valence-electron chi connectivity index (χ4n) is 4.47. The Bertz CT molecular complexity index is 1160. The minimum Gasteiger partial charge on any atom is -0.480 e. The van der Waals surface area contributed by atoms with Crippen LogP contribution in [0.4, 0.5) is 0 Å². The van der Waals surface area contributed by atoms with E-state index in [9.17, 15) is 43.5 Å². The lowest BCUT2D eigenvalue weighted by atomic mass is 9.98. The van der Waals surface area contributed by atoms with Crippen LogP contribution in [0.15, 0.2) is 0 Å². The fourth-order valence-corrected chi connectivity index (χ4v) is 4.47. The van der Waals surface area contributed by atoms with Crippen molar-refractivity contribution in [2.75, 3.05) is 13.2 Å². The highest BCUT2D eigenvalue weighted by Crippen LogP contribution is 2.11. The molecule has 0 spiro atoms. The van der Waals surface area contributed by atoms with Gasteiger partial charge in [0, 0.05) is 6.42 Å². The van der Waals surface area contributed by atoms with Crippen LogP contribution in [0, 0.1) is 17.8 Å². The highest BCUT2D eigenvalue weighted by atomic mass is 16.4. The lowest BCUT2D eigenvalue weighted by Crippen LogP contribution is -2.60. The highest BCUT2D eigenvalue weighted by Gasteiger charge is 2.33. The number of aliphatic carboxylic acids is 1. The van der Waals surface area contributed by atoms with Crippen molar-refractivity contribution in [1.29, 1.82) is 0 Å². The summed E-state index contributed by atoms with van der Waals surface area (Å²) >= 11 is 0. The summed E-state index contributed by atoms with van der Waals surface area (Å²) in [7, 11) is 0. The third-order valence-corrected chi connectivity index (χ3v) is 7.05. The molecule has 0 unspecified atom stereocenters. The van der Waals surface area contributed by atoms with Gasteiger partial charge in [0.15, 0.2) is 0 Å². The number of carboxylic acids is 1. The second-order valence-electron chi connectivity index (χ2n) is 13.3. The van der Waals surface area contributed by atoms with E-state index in [-0.39, 0.29) is 49.9 Å². The van der Waals surface area contributed by atoms with Gasteiger partial charge in [-0.25, -0.2) is 0 Å². The van der Waals surface area contributed by atoms with Gasteiger partial charge in [0.25, 0.3) is 0 Å². The summed E-state index contributed by atoms with van der Waals surface area (Å²) in [6.45, 7) is 10.8. The molecule has 0 bridgehead atoms. The number of carboxylic acid groups (broad SMARTS) is 1. The quantitative estimate of drug-likeness (QED) is 0.0525. The fraction of sp³-hybridized carbons (Fsp3) is 0.742. The maximum Gasteiger partial charge on any atom is 0.325 e. The van der Waals surface area contributed by atoms with Crippen molar-refractivity contribution in [1.82, 2.24) is 31.9 Å². The van der Waals surface area contributed by atoms with Crippen LogP contribution in [0.3, 0.4) is 0 Å². The van der Waals surface area contributed by atoms with Crippen molar-refractivity contribution < 1.29 is 48.6 Å². The number of carbonyl (C=O) groups is 8. The van der Waals surface area contributed by atoms with Crippen LogP contribution in [0.5, 0.6) is 0 Å². The van der Waals surface area contributed by atoms with Gasteiger partial charge in [-0.2, -0.15) is 0 Å². The maximum absolute atomic E-state index is 13.5. The third-order valence-electron chi connectivity index (χ3n) is 7.05. The summed E-state index contributed by atoms with van der Waals surface area (Å²) in [5.74, 6) is -6.75. The van der Waals surface area contributed by atoms with E-state index in [1.54, 1.807) is 13.8 Å². The van der Waals surface area contributed by atoms with Gasteiger partial charge >= 0.3 is 5.97 Å². The van der Waals surface area contributed by atoms with E-state index >= 15 is 0 Å². The molecule has 0 rings (SSSR count). The molecule has 0 aliphatic rings. The maximum atomic E-state index is 13.5. The first-order valence-corrected chi connectivity index (χ1v) is 16.3. The first kappa shape index (κ1) is 44.7. The van der Waals surface area contributed by atoms with Gasteiger partial charge in [0.1, 0.15) is 30.2 Å². The molecule has 0 radical (unpaired) electrons. The Kier molecular flexibility index (Phi) is 20.4. The number of aliphatic hydroxyl groups is 1. The van der Waals surface area contributed by atoms with Crippen LogP contribution in [0.2, 0.25) is 0 Å². The Labute approximate surface area is 287 Å². The third kappa shape index (κ3) is 18.7. The van der Waals surface area contributed by atoms with E-state index in [1.165, 1.54) is 6.92 Å². The predicted octanol–water partition coefficient (Wildman–Crippen LogP) is -2.65. The smallest absolute Gasteiger partial charge is 0.325 e. The van der Waals surface area contributed by atoms with Crippen molar-refractivity contribution in [2.24, 2.45) is 29.2 Å². The minimum atomic E-state index is -1.48. The molecule has 0 aliphatic carbocycles. The van der Waals surface area contributed by atoms with Crippen molar-refractivity contribution in [3.05, 3.63) is 0 Å². The lowest BCUT2D eigenvalue weighted by molar-refractivity contribution is -0.141. The van der Waals surface area contributed by atoms with Crippen LogP contribution in [0.1, 0.15) is 80.6 Å². The summed E-state index contributed by atoms with van der Waals surface area (Å²) in [6, 6.07) is -7.26. The van der Waals surface area contributed by atoms with Gasteiger partial charge in [-0.15, -0.1) is 0 Å². The topological polar surface area (TPSA) is 301 Å². The minimum absolute atomic E-state index is 0.0710. The molecule has 49 heavy (non-hydrogen) atoms. The average molecular weight is 701 g/mol. The number of primary amides is 1. The molecule has 0 saturated carbocycles. The van der Waals surface area contributed by atoms with Gasteiger partial charge in [0.05, 0.1) is 19.2 Å². The van der Waals surface area contributed by atoms with Crippen LogP contribution in [0.25, 0.3) is 0 Å². The first-order chi connectivity index (χ1) is 22.7. The summed E-state index contributed by atoms with van der Waals surface area (Å²) in [5, 5.41) is 33.5. The molecule has 0 heterocycles. The second-order valence-corrected chi connectivity index (χ2v) is 13.3. The van der Waals surface area contributed by atoms with E-state index in [0.29, 0.717) is 0 Å². The standard InChI is InChI=1S/C31H56N8O10/c1-15(2)10-20(27(44)34-13-25(42)35-18(7)31(48)49)36-28(45)21(11-16(3)4)37-29(46)22(12-17(5)6)38-30(47)23(14-40)39-26(43)19(32)8-9-24(33)41/h15-23,40H,8-14,32H2,1-7H3,(H2,33,41)(H,34,44)(H,35,42)(H,36,45)(H,37,46)(H,38,47)(H,39,43)(H,48,49)/t18-,19-,20-,21-,22-,23-/m0/s1. The number of rotatable bonds is 23. The molecule has 0 aromatic carbocycles. The van der Waals surface area contributed by atoms with Gasteiger partial charge in [-0.1, -0.05) is 41.5 Å². The SMILES string of the molecule is CC(C)C[C@H](NC(=O)[C@H](CC(C)C)NC(=O)[C@H](CC(C)C)NC(=O)[C@H](CO)NC(=O)[C@@H](N)CCC(N)=O)C(=O)NCC(=O)N[C@@H](C)C(=O)O. The van der Waals surface area contributed by atoms with Crippen molar-refractivity contribution >= 4 is 47.3 Å². The molecule has 18 nitrogen and oxygen atoms in total. The molecular formula is C31H56N8O10. The zero-order chi connectivity index (χ0) is 38.0. The zero-order valence-corrected chi connectivity index (χ0v) is 29.5. The Morgan fingerprint density at radius 2 is 0.980 bits per heavy atom. The molecule has 0 aromatic rings.